The molecule has 1 fully saturated rings. The Kier molecular flexibility index (Phi) is 4.88. The zero-order chi connectivity index (χ0) is 9.52. The lowest BCUT2D eigenvalue weighted by atomic mass is 10.3. The molecule has 0 aromatic heterocycles. The average molecular weight is 180 g/mol. The first-order chi connectivity index (χ1) is 6.33. The summed E-state index contributed by atoms with van der Waals surface area (Å²) in [5.41, 5.74) is 0. The molecule has 13 heavy (non-hydrogen) atoms. The van der Waals surface area contributed by atoms with Crippen molar-refractivity contribution in [3.63, 3.8) is 0 Å². The molecular formula is C11H20N2. The SMILES string of the molecule is CCC#CCCN1CCN(C)CC1. The highest BCUT2D eigenvalue weighted by Gasteiger charge is 2.11. The molecule has 1 rings (SSSR count). The number of likely N-dealkylation sites (N-methyl/N-ethyl adjacent to an activating group) is 1. The minimum Gasteiger partial charge on any atom is -0.304 e. The van der Waals surface area contributed by atoms with Gasteiger partial charge in [0, 0.05) is 45.6 Å². The van der Waals surface area contributed by atoms with E-state index in [0.717, 1.165) is 19.4 Å². The van der Waals surface area contributed by atoms with Crippen LogP contribution in [0.2, 0.25) is 0 Å². The van der Waals surface area contributed by atoms with Gasteiger partial charge in [0.05, 0.1) is 0 Å². The van der Waals surface area contributed by atoms with Gasteiger partial charge >= 0.3 is 0 Å². The summed E-state index contributed by atoms with van der Waals surface area (Å²) in [4.78, 5) is 4.89. The molecule has 1 aliphatic rings. The first kappa shape index (κ1) is 10.6. The van der Waals surface area contributed by atoms with Gasteiger partial charge in [0.25, 0.3) is 0 Å². The maximum Gasteiger partial charge on any atom is 0.0217 e. The fourth-order valence-electron chi connectivity index (χ4n) is 1.50. The standard InChI is InChI=1S/C11H20N2/c1-3-4-5-6-7-13-10-8-12(2)9-11-13/h3,6-11H2,1-2H3. The zero-order valence-electron chi connectivity index (χ0n) is 8.84. The van der Waals surface area contributed by atoms with E-state index in [4.69, 9.17) is 0 Å². The van der Waals surface area contributed by atoms with E-state index in [2.05, 4.69) is 35.6 Å². The van der Waals surface area contributed by atoms with Crippen molar-refractivity contribution >= 4 is 0 Å². The molecule has 0 aromatic carbocycles. The molecule has 1 heterocycles. The van der Waals surface area contributed by atoms with Gasteiger partial charge in [-0.05, 0) is 7.05 Å². The maximum atomic E-state index is 3.19. The van der Waals surface area contributed by atoms with Crippen LogP contribution in [0.4, 0.5) is 0 Å². The highest BCUT2D eigenvalue weighted by Crippen LogP contribution is 1.99. The van der Waals surface area contributed by atoms with Crippen molar-refractivity contribution in [1.29, 1.82) is 0 Å². The molecule has 0 atom stereocenters. The Morgan fingerprint density at radius 1 is 1.08 bits per heavy atom. The molecule has 0 amide bonds. The Hall–Kier alpha value is -0.520. The molecule has 0 aliphatic carbocycles. The minimum atomic E-state index is 0.989. The molecule has 1 saturated heterocycles. The summed E-state index contributed by atoms with van der Waals surface area (Å²) in [6.07, 6.45) is 2.03. The van der Waals surface area contributed by atoms with Crippen molar-refractivity contribution in [2.45, 2.75) is 19.8 Å². The Morgan fingerprint density at radius 2 is 1.77 bits per heavy atom. The van der Waals surface area contributed by atoms with Gasteiger partial charge in [-0.25, -0.2) is 0 Å². The quantitative estimate of drug-likeness (QED) is 0.586. The number of hydrogen-bond donors (Lipinski definition) is 0. The normalized spacial score (nSPS) is 19.5. The first-order valence-corrected chi connectivity index (χ1v) is 5.19. The lowest BCUT2D eigenvalue weighted by Gasteiger charge is -2.31. The largest absolute Gasteiger partial charge is 0.304 e. The number of hydrogen-bond acceptors (Lipinski definition) is 2. The van der Waals surface area contributed by atoms with Crippen LogP contribution < -0.4 is 0 Å². The van der Waals surface area contributed by atoms with Crippen LogP contribution in [0.1, 0.15) is 19.8 Å². The summed E-state index contributed by atoms with van der Waals surface area (Å²) >= 11 is 0. The van der Waals surface area contributed by atoms with Crippen LogP contribution >= 0.6 is 0 Å². The predicted octanol–water partition coefficient (Wildman–Crippen LogP) is 1.04. The Bertz CT molecular complexity index is 182. The van der Waals surface area contributed by atoms with Gasteiger partial charge in [-0.15, -0.1) is 11.8 Å². The number of nitrogens with zero attached hydrogens (tertiary/aromatic N) is 2. The van der Waals surface area contributed by atoms with Crippen LogP contribution in [0.15, 0.2) is 0 Å². The minimum absolute atomic E-state index is 0.989. The summed E-state index contributed by atoms with van der Waals surface area (Å²) in [6, 6.07) is 0. The monoisotopic (exact) mass is 180 g/mol. The fraction of sp³-hybridized carbons (Fsp3) is 0.818. The van der Waals surface area contributed by atoms with E-state index in [0.29, 0.717) is 0 Å². The molecular weight excluding hydrogens is 160 g/mol. The number of piperazine rings is 1. The lowest BCUT2D eigenvalue weighted by molar-refractivity contribution is 0.157. The fourth-order valence-corrected chi connectivity index (χ4v) is 1.50. The van der Waals surface area contributed by atoms with Gasteiger partial charge in [0.2, 0.25) is 0 Å². The topological polar surface area (TPSA) is 6.48 Å². The lowest BCUT2D eigenvalue weighted by Crippen LogP contribution is -2.44. The van der Waals surface area contributed by atoms with Gasteiger partial charge in [-0.2, -0.15) is 0 Å². The smallest absolute Gasteiger partial charge is 0.0217 e. The van der Waals surface area contributed by atoms with E-state index in [1.807, 2.05) is 0 Å². The van der Waals surface area contributed by atoms with E-state index in [1.54, 1.807) is 0 Å². The van der Waals surface area contributed by atoms with Gasteiger partial charge in [-0.3, -0.25) is 4.90 Å². The molecule has 0 saturated carbocycles. The second-order valence-corrected chi connectivity index (χ2v) is 3.60. The van der Waals surface area contributed by atoms with E-state index < -0.39 is 0 Å². The van der Waals surface area contributed by atoms with Crippen LogP contribution in [-0.2, 0) is 0 Å². The summed E-state index contributed by atoms with van der Waals surface area (Å²) in [5.74, 6) is 6.30. The van der Waals surface area contributed by atoms with Crippen LogP contribution in [-0.4, -0.2) is 49.6 Å². The molecule has 0 radical (unpaired) electrons. The van der Waals surface area contributed by atoms with Crippen LogP contribution in [0.5, 0.6) is 0 Å². The van der Waals surface area contributed by atoms with E-state index in [-0.39, 0.29) is 0 Å². The third kappa shape index (κ3) is 4.31. The van der Waals surface area contributed by atoms with Crippen molar-refractivity contribution < 1.29 is 0 Å². The number of rotatable bonds is 2. The Labute approximate surface area is 81.9 Å². The first-order valence-electron chi connectivity index (χ1n) is 5.19. The Balaban J connectivity index is 2.09. The average Bonchev–Trinajstić information content (AvgIpc) is 2.15. The molecule has 0 spiro atoms. The highest BCUT2D eigenvalue weighted by molar-refractivity contribution is 4.98. The van der Waals surface area contributed by atoms with Gasteiger partial charge < -0.3 is 4.90 Å². The Morgan fingerprint density at radius 3 is 2.38 bits per heavy atom. The van der Waals surface area contributed by atoms with Gasteiger partial charge in [0.15, 0.2) is 0 Å². The molecule has 2 nitrogen and oxygen atoms in total. The highest BCUT2D eigenvalue weighted by atomic mass is 15.2. The summed E-state index contributed by atoms with van der Waals surface area (Å²) in [5, 5.41) is 0. The van der Waals surface area contributed by atoms with Crippen LogP contribution in [0, 0.1) is 11.8 Å². The van der Waals surface area contributed by atoms with Gasteiger partial charge in [0.1, 0.15) is 0 Å². The molecule has 0 N–H and O–H groups in total. The third-order valence-corrected chi connectivity index (χ3v) is 2.45. The summed E-state index contributed by atoms with van der Waals surface area (Å²) in [7, 11) is 2.19. The van der Waals surface area contributed by atoms with E-state index in [9.17, 15) is 0 Å². The predicted molar refractivity (Wildman–Crippen MR) is 56.6 cm³/mol. The van der Waals surface area contributed by atoms with Crippen molar-refractivity contribution in [3.8, 4) is 11.8 Å². The van der Waals surface area contributed by atoms with E-state index >= 15 is 0 Å². The van der Waals surface area contributed by atoms with Crippen LogP contribution in [0.25, 0.3) is 0 Å². The van der Waals surface area contributed by atoms with Crippen LogP contribution in [0.3, 0.4) is 0 Å². The molecule has 1 aliphatic heterocycles. The summed E-state index contributed by atoms with van der Waals surface area (Å²) < 4.78 is 0. The second-order valence-electron chi connectivity index (χ2n) is 3.60. The van der Waals surface area contributed by atoms with Crippen molar-refractivity contribution in [2.75, 3.05) is 39.8 Å². The molecule has 2 heteroatoms. The third-order valence-electron chi connectivity index (χ3n) is 2.45. The molecule has 74 valence electrons. The molecule has 0 aromatic rings. The van der Waals surface area contributed by atoms with E-state index in [1.165, 1.54) is 26.2 Å². The second kappa shape index (κ2) is 6.01. The van der Waals surface area contributed by atoms with Gasteiger partial charge in [-0.1, -0.05) is 6.92 Å². The van der Waals surface area contributed by atoms with Crippen molar-refractivity contribution in [3.05, 3.63) is 0 Å². The maximum absolute atomic E-state index is 3.19. The van der Waals surface area contributed by atoms with Crippen molar-refractivity contribution in [2.24, 2.45) is 0 Å². The van der Waals surface area contributed by atoms with Crippen molar-refractivity contribution in [1.82, 2.24) is 9.80 Å². The zero-order valence-corrected chi connectivity index (χ0v) is 8.84. The molecule has 0 bridgehead atoms. The molecule has 0 unspecified atom stereocenters. The summed E-state index contributed by atoms with van der Waals surface area (Å²) in [6.45, 7) is 8.10.